The normalized spacial score (nSPS) is 14.2. The number of methoxy groups -OCH3 is 3. The Morgan fingerprint density at radius 1 is 1.05 bits per heavy atom. The van der Waals surface area contributed by atoms with E-state index in [1.54, 1.807) is 21.3 Å². The summed E-state index contributed by atoms with van der Waals surface area (Å²) in [7, 11) is 5.06. The molecule has 114 valence electrons. The van der Waals surface area contributed by atoms with Crippen molar-refractivity contribution in [2.75, 3.05) is 27.9 Å². The maximum absolute atomic E-state index is 5.68. The minimum Gasteiger partial charge on any atom is -0.493 e. The molecule has 0 saturated heterocycles. The summed E-state index contributed by atoms with van der Waals surface area (Å²) >= 11 is 0. The van der Waals surface area contributed by atoms with E-state index in [-0.39, 0.29) is 12.1 Å². The van der Waals surface area contributed by atoms with E-state index >= 15 is 0 Å². The van der Waals surface area contributed by atoms with E-state index < -0.39 is 0 Å². The first-order chi connectivity index (χ1) is 9.58. The minimum absolute atomic E-state index is 0.105. The summed E-state index contributed by atoms with van der Waals surface area (Å²) in [4.78, 5) is 0. The van der Waals surface area contributed by atoms with Crippen LogP contribution < -0.4 is 14.8 Å². The van der Waals surface area contributed by atoms with Gasteiger partial charge in [0.2, 0.25) is 0 Å². The second kappa shape index (κ2) is 8.12. The molecule has 0 aromatic heterocycles. The Kier molecular flexibility index (Phi) is 6.82. The Bertz CT molecular complexity index is 407. The van der Waals surface area contributed by atoms with Crippen molar-refractivity contribution in [2.24, 2.45) is 5.92 Å². The van der Waals surface area contributed by atoms with Crippen molar-refractivity contribution in [3.05, 3.63) is 23.8 Å². The van der Waals surface area contributed by atoms with E-state index in [4.69, 9.17) is 14.2 Å². The highest BCUT2D eigenvalue weighted by atomic mass is 16.5. The zero-order chi connectivity index (χ0) is 15.1. The highest BCUT2D eigenvalue weighted by Crippen LogP contribution is 2.32. The first-order valence-electron chi connectivity index (χ1n) is 7.07. The summed E-state index contributed by atoms with van der Waals surface area (Å²) in [5.74, 6) is 1.90. The monoisotopic (exact) mass is 281 g/mol. The lowest BCUT2D eigenvalue weighted by Crippen LogP contribution is -2.36. The molecule has 0 aliphatic rings. The third kappa shape index (κ3) is 3.87. The molecule has 0 fully saturated rings. The summed E-state index contributed by atoms with van der Waals surface area (Å²) in [5, 5.41) is 3.50. The molecular formula is C16H27NO3. The van der Waals surface area contributed by atoms with Crippen LogP contribution in [0, 0.1) is 5.92 Å². The van der Waals surface area contributed by atoms with Gasteiger partial charge < -0.3 is 19.5 Å². The second-order valence-electron chi connectivity index (χ2n) is 5.09. The number of ether oxygens (including phenoxy) is 3. The zero-order valence-corrected chi connectivity index (χ0v) is 13.4. The van der Waals surface area contributed by atoms with E-state index in [9.17, 15) is 0 Å². The van der Waals surface area contributed by atoms with Gasteiger partial charge in [-0.15, -0.1) is 0 Å². The number of hydrogen-bond donors (Lipinski definition) is 1. The molecule has 2 unspecified atom stereocenters. The molecule has 20 heavy (non-hydrogen) atoms. The molecule has 1 aromatic rings. The molecule has 0 aliphatic heterocycles. The molecular weight excluding hydrogens is 254 g/mol. The predicted molar refractivity (Wildman–Crippen MR) is 81.6 cm³/mol. The number of nitrogens with one attached hydrogen (secondary N) is 1. The summed E-state index contributed by atoms with van der Waals surface area (Å²) < 4.78 is 16.4. The number of rotatable bonds is 8. The fraction of sp³-hybridized carbons (Fsp3) is 0.625. The number of benzene rings is 1. The molecule has 0 amide bonds. The lowest BCUT2D eigenvalue weighted by Gasteiger charge is -2.30. The van der Waals surface area contributed by atoms with Crippen molar-refractivity contribution in [1.82, 2.24) is 5.32 Å². The Balaban J connectivity index is 3.14. The average Bonchev–Trinajstić information content (AvgIpc) is 2.46. The molecule has 0 radical (unpaired) electrons. The Morgan fingerprint density at radius 2 is 1.70 bits per heavy atom. The lowest BCUT2D eigenvalue weighted by atomic mass is 9.93. The Hall–Kier alpha value is -1.26. The van der Waals surface area contributed by atoms with Crippen LogP contribution in [0.4, 0.5) is 0 Å². The molecule has 0 aliphatic carbocycles. The fourth-order valence-electron chi connectivity index (χ4n) is 2.48. The molecule has 4 heteroatoms. The van der Waals surface area contributed by atoms with Gasteiger partial charge in [-0.2, -0.15) is 0 Å². The number of hydrogen-bond acceptors (Lipinski definition) is 4. The van der Waals surface area contributed by atoms with Gasteiger partial charge in [-0.3, -0.25) is 0 Å². The van der Waals surface area contributed by atoms with E-state index in [1.165, 1.54) is 0 Å². The maximum atomic E-state index is 5.68. The molecule has 0 heterocycles. The van der Waals surface area contributed by atoms with Crippen LogP contribution in [0.2, 0.25) is 0 Å². The number of likely N-dealkylation sites (N-methyl/N-ethyl adjacent to an activating group) is 1. The van der Waals surface area contributed by atoms with Crippen LogP contribution in [0.25, 0.3) is 0 Å². The smallest absolute Gasteiger partial charge is 0.161 e. The topological polar surface area (TPSA) is 39.7 Å². The highest BCUT2D eigenvalue weighted by molar-refractivity contribution is 5.44. The molecule has 4 nitrogen and oxygen atoms in total. The van der Waals surface area contributed by atoms with E-state index in [0.717, 1.165) is 23.6 Å². The van der Waals surface area contributed by atoms with E-state index in [0.29, 0.717) is 5.92 Å². The summed E-state index contributed by atoms with van der Waals surface area (Å²) in [5.41, 5.74) is 1.14. The second-order valence-corrected chi connectivity index (χ2v) is 5.09. The fourth-order valence-corrected chi connectivity index (χ4v) is 2.48. The minimum atomic E-state index is 0.105. The molecule has 2 atom stereocenters. The van der Waals surface area contributed by atoms with Gasteiger partial charge in [0.25, 0.3) is 0 Å². The van der Waals surface area contributed by atoms with Gasteiger partial charge in [-0.1, -0.05) is 26.8 Å². The van der Waals surface area contributed by atoms with Crippen LogP contribution in [0.5, 0.6) is 11.5 Å². The molecule has 1 N–H and O–H groups in total. The van der Waals surface area contributed by atoms with Gasteiger partial charge in [-0.05, 0) is 30.2 Å². The van der Waals surface area contributed by atoms with E-state index in [2.05, 4.69) is 32.2 Å². The molecule has 1 rings (SSSR count). The van der Waals surface area contributed by atoms with Crippen LogP contribution in [0.15, 0.2) is 18.2 Å². The summed E-state index contributed by atoms with van der Waals surface area (Å²) in [6.45, 7) is 7.31. The van der Waals surface area contributed by atoms with Crippen LogP contribution in [-0.4, -0.2) is 34.0 Å². The van der Waals surface area contributed by atoms with E-state index in [1.807, 2.05) is 12.1 Å². The van der Waals surface area contributed by atoms with Crippen LogP contribution in [-0.2, 0) is 4.74 Å². The van der Waals surface area contributed by atoms with Crippen LogP contribution in [0.1, 0.15) is 32.4 Å². The zero-order valence-electron chi connectivity index (χ0n) is 13.4. The first-order valence-corrected chi connectivity index (χ1v) is 7.07. The highest BCUT2D eigenvalue weighted by Gasteiger charge is 2.26. The van der Waals surface area contributed by atoms with Crippen molar-refractivity contribution in [3.63, 3.8) is 0 Å². The van der Waals surface area contributed by atoms with Crippen LogP contribution >= 0.6 is 0 Å². The predicted octanol–water partition coefficient (Wildman–Crippen LogP) is 3.03. The Morgan fingerprint density at radius 3 is 2.15 bits per heavy atom. The van der Waals surface area contributed by atoms with Crippen molar-refractivity contribution < 1.29 is 14.2 Å². The molecule has 0 spiro atoms. The first kappa shape index (κ1) is 16.8. The standard InChI is InChI=1S/C16H27NO3/c1-7-17-15(16(20-6)11(2)3)12-8-9-13(18-4)14(10-12)19-5/h8-11,15-17H,7H2,1-6H3. The van der Waals surface area contributed by atoms with Gasteiger partial charge in [0, 0.05) is 7.11 Å². The van der Waals surface area contributed by atoms with Crippen molar-refractivity contribution >= 4 is 0 Å². The summed E-state index contributed by atoms with van der Waals surface area (Å²) in [6, 6.07) is 6.14. The molecule has 0 saturated carbocycles. The van der Waals surface area contributed by atoms with Crippen molar-refractivity contribution in [3.8, 4) is 11.5 Å². The van der Waals surface area contributed by atoms with Gasteiger partial charge in [0.05, 0.1) is 26.4 Å². The third-order valence-electron chi connectivity index (χ3n) is 3.45. The Labute approximate surface area is 122 Å². The lowest BCUT2D eigenvalue weighted by molar-refractivity contribution is 0.0330. The third-order valence-corrected chi connectivity index (χ3v) is 3.45. The largest absolute Gasteiger partial charge is 0.493 e. The quantitative estimate of drug-likeness (QED) is 0.795. The molecule has 1 aromatic carbocycles. The van der Waals surface area contributed by atoms with Gasteiger partial charge >= 0.3 is 0 Å². The van der Waals surface area contributed by atoms with Gasteiger partial charge in [0.15, 0.2) is 11.5 Å². The average molecular weight is 281 g/mol. The maximum Gasteiger partial charge on any atom is 0.161 e. The van der Waals surface area contributed by atoms with Gasteiger partial charge in [-0.25, -0.2) is 0 Å². The summed E-state index contributed by atoms with van der Waals surface area (Å²) in [6.07, 6.45) is 0.105. The van der Waals surface area contributed by atoms with Gasteiger partial charge in [0.1, 0.15) is 0 Å². The van der Waals surface area contributed by atoms with Crippen molar-refractivity contribution in [1.29, 1.82) is 0 Å². The SMILES string of the molecule is CCNC(c1ccc(OC)c(OC)c1)C(OC)C(C)C. The van der Waals surface area contributed by atoms with Crippen molar-refractivity contribution in [2.45, 2.75) is 32.9 Å². The van der Waals surface area contributed by atoms with Crippen LogP contribution in [0.3, 0.4) is 0 Å². The molecule has 0 bridgehead atoms.